The fraction of sp³-hybridized carbons (Fsp3) is 0.667. The number of amides is 1. The third-order valence-electron chi connectivity index (χ3n) is 3.39. The lowest BCUT2D eigenvalue weighted by Crippen LogP contribution is -2.43. The van der Waals surface area contributed by atoms with E-state index in [0.29, 0.717) is 19.0 Å². The highest BCUT2D eigenvalue weighted by Gasteiger charge is 2.09. The number of aryl methyl sites for hydroxylation is 2. The van der Waals surface area contributed by atoms with Crippen LogP contribution in [0.5, 0.6) is 0 Å². The van der Waals surface area contributed by atoms with Gasteiger partial charge in [-0.05, 0) is 27.2 Å². The second-order valence-corrected chi connectivity index (χ2v) is 5.17. The number of guanidine groups is 1. The molecule has 1 amide bonds. The number of carbonyl (C=O) groups is 1. The van der Waals surface area contributed by atoms with Gasteiger partial charge in [-0.3, -0.25) is 9.48 Å². The molecule has 0 atom stereocenters. The van der Waals surface area contributed by atoms with Crippen LogP contribution in [0.1, 0.15) is 37.2 Å². The molecule has 0 spiro atoms. The Balaban J connectivity index is 0.00000484. The summed E-state index contributed by atoms with van der Waals surface area (Å²) in [6.45, 7) is 10.2. The highest BCUT2D eigenvalue weighted by Crippen LogP contribution is 2.12. The number of hydrogen-bond donors (Lipinski definition) is 3. The number of aliphatic imine (C=N–C) groups is 1. The lowest BCUT2D eigenvalue weighted by Gasteiger charge is -2.11. The molecule has 0 saturated heterocycles. The summed E-state index contributed by atoms with van der Waals surface area (Å²) in [7, 11) is 1.93. The Kier molecular flexibility index (Phi) is 10.6. The van der Waals surface area contributed by atoms with E-state index in [1.807, 2.05) is 39.4 Å². The van der Waals surface area contributed by atoms with Gasteiger partial charge in [0, 0.05) is 31.4 Å². The molecule has 0 saturated carbocycles. The predicted molar refractivity (Wildman–Crippen MR) is 104 cm³/mol. The first-order valence-corrected chi connectivity index (χ1v) is 7.77. The fourth-order valence-corrected chi connectivity index (χ4v) is 2.04. The monoisotopic (exact) mass is 436 g/mol. The van der Waals surface area contributed by atoms with Crippen LogP contribution in [0, 0.1) is 13.8 Å². The van der Waals surface area contributed by atoms with Gasteiger partial charge >= 0.3 is 0 Å². The maximum absolute atomic E-state index is 11.6. The van der Waals surface area contributed by atoms with E-state index in [-0.39, 0.29) is 36.4 Å². The van der Waals surface area contributed by atoms with Gasteiger partial charge in [0.2, 0.25) is 5.91 Å². The van der Waals surface area contributed by atoms with Gasteiger partial charge in [0.1, 0.15) is 0 Å². The minimum absolute atomic E-state index is 0. The van der Waals surface area contributed by atoms with Crippen molar-refractivity contribution in [1.82, 2.24) is 25.7 Å². The van der Waals surface area contributed by atoms with E-state index in [0.717, 1.165) is 29.9 Å². The van der Waals surface area contributed by atoms with Crippen molar-refractivity contribution in [3.8, 4) is 0 Å². The standard InChI is InChI=1S/C15H28N6O.HI/c1-6-8-17-14(22)10-19-15(16-7-2)18-9-13-11(3)20-21(5)12(13)4;/h6-10H2,1-5H3,(H,17,22)(H2,16,18,19);1H. The molecule has 0 aromatic carbocycles. The first kappa shape index (κ1) is 21.7. The summed E-state index contributed by atoms with van der Waals surface area (Å²) in [5.41, 5.74) is 3.22. The van der Waals surface area contributed by atoms with Crippen LogP contribution >= 0.6 is 24.0 Å². The van der Waals surface area contributed by atoms with Crippen LogP contribution in [-0.2, 0) is 18.4 Å². The van der Waals surface area contributed by atoms with Crippen LogP contribution in [-0.4, -0.2) is 41.3 Å². The maximum atomic E-state index is 11.6. The highest BCUT2D eigenvalue weighted by atomic mass is 127. The average molecular weight is 436 g/mol. The molecule has 1 heterocycles. The Morgan fingerprint density at radius 1 is 1.22 bits per heavy atom. The normalized spacial score (nSPS) is 10.9. The zero-order valence-corrected chi connectivity index (χ0v) is 17.0. The number of aromatic nitrogens is 2. The molecular formula is C15H29IN6O. The summed E-state index contributed by atoms with van der Waals surface area (Å²) >= 11 is 0. The summed E-state index contributed by atoms with van der Waals surface area (Å²) in [6.07, 6.45) is 0.930. The van der Waals surface area contributed by atoms with Crippen molar-refractivity contribution in [1.29, 1.82) is 0 Å². The Hall–Kier alpha value is -1.32. The molecule has 8 heteroatoms. The molecule has 0 unspecified atom stereocenters. The molecule has 0 bridgehead atoms. The molecule has 0 aliphatic rings. The molecule has 1 aromatic heterocycles. The maximum Gasteiger partial charge on any atom is 0.239 e. The Morgan fingerprint density at radius 3 is 2.43 bits per heavy atom. The van der Waals surface area contributed by atoms with Crippen LogP contribution in [0.25, 0.3) is 0 Å². The number of carbonyl (C=O) groups excluding carboxylic acids is 1. The van der Waals surface area contributed by atoms with E-state index in [1.54, 1.807) is 0 Å². The van der Waals surface area contributed by atoms with Crippen molar-refractivity contribution in [2.75, 3.05) is 19.6 Å². The molecule has 23 heavy (non-hydrogen) atoms. The molecule has 0 radical (unpaired) electrons. The van der Waals surface area contributed by atoms with Crippen molar-refractivity contribution in [3.05, 3.63) is 17.0 Å². The van der Waals surface area contributed by atoms with E-state index >= 15 is 0 Å². The van der Waals surface area contributed by atoms with Crippen molar-refractivity contribution >= 4 is 35.8 Å². The lowest BCUT2D eigenvalue weighted by atomic mass is 10.2. The number of halogens is 1. The van der Waals surface area contributed by atoms with Crippen molar-refractivity contribution in [2.45, 2.75) is 40.7 Å². The molecule has 0 fully saturated rings. The largest absolute Gasteiger partial charge is 0.357 e. The van der Waals surface area contributed by atoms with Gasteiger partial charge in [-0.15, -0.1) is 24.0 Å². The highest BCUT2D eigenvalue weighted by molar-refractivity contribution is 14.0. The second kappa shape index (κ2) is 11.3. The van der Waals surface area contributed by atoms with Gasteiger partial charge in [-0.25, -0.2) is 4.99 Å². The predicted octanol–water partition coefficient (Wildman–Crippen LogP) is 1.24. The summed E-state index contributed by atoms with van der Waals surface area (Å²) in [4.78, 5) is 16.2. The molecule has 0 aliphatic carbocycles. The van der Waals surface area contributed by atoms with Crippen molar-refractivity contribution in [3.63, 3.8) is 0 Å². The van der Waals surface area contributed by atoms with Crippen molar-refractivity contribution in [2.24, 2.45) is 12.0 Å². The Morgan fingerprint density at radius 2 is 1.91 bits per heavy atom. The third-order valence-corrected chi connectivity index (χ3v) is 3.39. The third kappa shape index (κ3) is 7.19. The molecule has 0 aliphatic heterocycles. The van der Waals surface area contributed by atoms with E-state index in [9.17, 15) is 4.79 Å². The van der Waals surface area contributed by atoms with Crippen LogP contribution in [0.15, 0.2) is 4.99 Å². The van der Waals surface area contributed by atoms with E-state index in [1.165, 1.54) is 0 Å². The number of rotatable bonds is 7. The average Bonchev–Trinajstić information content (AvgIpc) is 2.73. The quantitative estimate of drug-likeness (QED) is 0.341. The molecule has 1 aromatic rings. The van der Waals surface area contributed by atoms with Crippen LogP contribution < -0.4 is 16.0 Å². The molecule has 3 N–H and O–H groups in total. The summed E-state index contributed by atoms with van der Waals surface area (Å²) < 4.78 is 1.86. The van der Waals surface area contributed by atoms with Crippen LogP contribution in [0.3, 0.4) is 0 Å². The van der Waals surface area contributed by atoms with Gasteiger partial charge < -0.3 is 16.0 Å². The minimum Gasteiger partial charge on any atom is -0.357 e. The molecular weight excluding hydrogens is 407 g/mol. The van der Waals surface area contributed by atoms with Gasteiger partial charge in [0.05, 0.1) is 18.8 Å². The summed E-state index contributed by atoms with van der Waals surface area (Å²) in [6, 6.07) is 0. The molecule has 7 nitrogen and oxygen atoms in total. The van der Waals surface area contributed by atoms with Gasteiger partial charge in [-0.1, -0.05) is 6.92 Å². The van der Waals surface area contributed by atoms with Gasteiger partial charge in [0.25, 0.3) is 0 Å². The summed E-state index contributed by atoms with van der Waals surface area (Å²) in [5, 5.41) is 13.4. The van der Waals surface area contributed by atoms with E-state index in [4.69, 9.17) is 0 Å². The Bertz CT molecular complexity index is 526. The summed E-state index contributed by atoms with van der Waals surface area (Å²) in [5.74, 6) is 0.609. The number of hydrogen-bond acceptors (Lipinski definition) is 3. The smallest absolute Gasteiger partial charge is 0.239 e. The van der Waals surface area contributed by atoms with Gasteiger partial charge in [-0.2, -0.15) is 5.10 Å². The van der Waals surface area contributed by atoms with Crippen LogP contribution in [0.4, 0.5) is 0 Å². The van der Waals surface area contributed by atoms with E-state index in [2.05, 4.69) is 26.0 Å². The SMILES string of the molecule is CCCNC(=O)CNC(=NCc1c(C)nn(C)c1C)NCC.I. The lowest BCUT2D eigenvalue weighted by molar-refractivity contribution is -0.120. The first-order valence-electron chi connectivity index (χ1n) is 7.77. The molecule has 1 rings (SSSR count). The fourth-order valence-electron chi connectivity index (χ4n) is 2.04. The topological polar surface area (TPSA) is 83.3 Å². The van der Waals surface area contributed by atoms with Crippen LogP contribution in [0.2, 0.25) is 0 Å². The van der Waals surface area contributed by atoms with E-state index < -0.39 is 0 Å². The first-order chi connectivity index (χ1) is 10.5. The second-order valence-electron chi connectivity index (χ2n) is 5.17. The zero-order valence-electron chi connectivity index (χ0n) is 14.7. The van der Waals surface area contributed by atoms with Gasteiger partial charge in [0.15, 0.2) is 5.96 Å². The Labute approximate surface area is 155 Å². The molecule has 132 valence electrons. The number of nitrogens with one attached hydrogen (secondary N) is 3. The zero-order chi connectivity index (χ0) is 16.5. The number of nitrogens with zero attached hydrogens (tertiary/aromatic N) is 3. The van der Waals surface area contributed by atoms with Crippen molar-refractivity contribution < 1.29 is 4.79 Å². The minimum atomic E-state index is -0.0267.